The van der Waals surface area contributed by atoms with E-state index in [1.54, 1.807) is 6.20 Å². The second-order valence-electron chi connectivity index (χ2n) is 5.96. The number of amides is 1. The molecule has 0 saturated carbocycles. The fourth-order valence-electron chi connectivity index (χ4n) is 2.16. The maximum atomic E-state index is 12.0. The van der Waals surface area contributed by atoms with Gasteiger partial charge in [0.15, 0.2) is 0 Å². The van der Waals surface area contributed by atoms with Crippen molar-refractivity contribution in [3.63, 3.8) is 0 Å². The van der Waals surface area contributed by atoms with E-state index in [9.17, 15) is 4.79 Å². The van der Waals surface area contributed by atoms with E-state index in [-0.39, 0.29) is 17.9 Å². The predicted molar refractivity (Wildman–Crippen MR) is 87.1 cm³/mol. The van der Waals surface area contributed by atoms with Gasteiger partial charge in [-0.1, -0.05) is 44.2 Å². The smallest absolute Gasteiger partial charge is 0.237 e. The molecule has 2 atom stereocenters. The van der Waals surface area contributed by atoms with E-state index in [1.807, 2.05) is 49.8 Å². The number of hydrogen-bond donors (Lipinski definition) is 2. The molecule has 1 unspecified atom stereocenters. The van der Waals surface area contributed by atoms with Crippen molar-refractivity contribution in [2.45, 2.75) is 39.4 Å². The van der Waals surface area contributed by atoms with Crippen LogP contribution in [0.5, 0.6) is 0 Å². The van der Waals surface area contributed by atoms with Crippen molar-refractivity contribution in [2.75, 3.05) is 0 Å². The standard InChI is InChI=1S/C17H24N4O/c1-12(2)16(18)17(22)20-13(3)15-9-19-21(11-15)10-14-7-5-4-6-8-14/h4-9,11-13,16H,10,18H2,1-3H3,(H,20,22)/t13?,16-/m0/s1. The SMILES string of the molecule is CC(NC(=O)[C@@H](N)C(C)C)c1cnn(Cc2ccccc2)c1. The first-order valence-corrected chi connectivity index (χ1v) is 7.59. The van der Waals surface area contributed by atoms with Gasteiger partial charge in [-0.25, -0.2) is 0 Å². The zero-order valence-corrected chi connectivity index (χ0v) is 13.4. The lowest BCUT2D eigenvalue weighted by atomic mass is 10.0. The largest absolute Gasteiger partial charge is 0.348 e. The Kier molecular flexibility index (Phi) is 5.33. The van der Waals surface area contributed by atoms with Crippen LogP contribution in [0.2, 0.25) is 0 Å². The average Bonchev–Trinajstić information content (AvgIpc) is 2.96. The molecule has 0 aliphatic carbocycles. The number of hydrogen-bond acceptors (Lipinski definition) is 3. The van der Waals surface area contributed by atoms with Gasteiger partial charge in [0.05, 0.1) is 24.8 Å². The van der Waals surface area contributed by atoms with Gasteiger partial charge in [-0.3, -0.25) is 9.48 Å². The zero-order chi connectivity index (χ0) is 16.1. The molecule has 1 heterocycles. The van der Waals surface area contributed by atoms with Crippen LogP contribution >= 0.6 is 0 Å². The predicted octanol–water partition coefficient (Wildman–Crippen LogP) is 2.09. The molecule has 1 aromatic heterocycles. The van der Waals surface area contributed by atoms with Gasteiger partial charge in [0.1, 0.15) is 0 Å². The lowest BCUT2D eigenvalue weighted by Gasteiger charge is -2.18. The van der Waals surface area contributed by atoms with Crippen LogP contribution in [0, 0.1) is 5.92 Å². The number of nitrogens with two attached hydrogens (primary N) is 1. The molecule has 5 heteroatoms. The maximum Gasteiger partial charge on any atom is 0.237 e. The lowest BCUT2D eigenvalue weighted by molar-refractivity contribution is -0.123. The molecule has 1 amide bonds. The number of aromatic nitrogens is 2. The molecule has 0 spiro atoms. The molecule has 3 N–H and O–H groups in total. The van der Waals surface area contributed by atoms with E-state index in [0.29, 0.717) is 6.54 Å². The second-order valence-corrected chi connectivity index (χ2v) is 5.96. The molecule has 0 fully saturated rings. The first-order chi connectivity index (χ1) is 10.5. The van der Waals surface area contributed by atoms with Gasteiger partial charge in [0.25, 0.3) is 0 Å². The molecule has 118 valence electrons. The van der Waals surface area contributed by atoms with Gasteiger partial charge < -0.3 is 11.1 Å². The fraction of sp³-hybridized carbons (Fsp3) is 0.412. The Labute approximate surface area is 131 Å². The summed E-state index contributed by atoms with van der Waals surface area (Å²) in [5.41, 5.74) is 8.02. The highest BCUT2D eigenvalue weighted by atomic mass is 16.2. The highest BCUT2D eigenvalue weighted by molar-refractivity contribution is 5.82. The van der Waals surface area contributed by atoms with Crippen molar-refractivity contribution in [2.24, 2.45) is 11.7 Å². The Hall–Kier alpha value is -2.14. The molecule has 0 aliphatic rings. The van der Waals surface area contributed by atoms with Gasteiger partial charge in [-0.2, -0.15) is 5.10 Å². The van der Waals surface area contributed by atoms with E-state index < -0.39 is 6.04 Å². The summed E-state index contributed by atoms with van der Waals surface area (Å²) in [5, 5.41) is 7.29. The molecular weight excluding hydrogens is 276 g/mol. The summed E-state index contributed by atoms with van der Waals surface area (Å²) in [6, 6.07) is 9.55. The van der Waals surface area contributed by atoms with Crippen LogP contribution in [-0.4, -0.2) is 21.7 Å². The number of carbonyl (C=O) groups excluding carboxylic acids is 1. The summed E-state index contributed by atoms with van der Waals surface area (Å²) in [4.78, 5) is 12.0. The van der Waals surface area contributed by atoms with Crippen molar-refractivity contribution in [1.29, 1.82) is 0 Å². The van der Waals surface area contributed by atoms with Gasteiger partial charge in [0.2, 0.25) is 5.91 Å². The number of benzene rings is 1. The van der Waals surface area contributed by atoms with Crippen molar-refractivity contribution in [3.8, 4) is 0 Å². The summed E-state index contributed by atoms with van der Waals surface area (Å²) < 4.78 is 1.87. The van der Waals surface area contributed by atoms with Crippen LogP contribution in [0.15, 0.2) is 42.7 Å². The van der Waals surface area contributed by atoms with Gasteiger partial charge in [-0.05, 0) is 18.4 Å². The van der Waals surface area contributed by atoms with Crippen LogP contribution in [0.3, 0.4) is 0 Å². The van der Waals surface area contributed by atoms with Crippen LogP contribution in [0.25, 0.3) is 0 Å². The van der Waals surface area contributed by atoms with Crippen molar-refractivity contribution in [1.82, 2.24) is 15.1 Å². The maximum absolute atomic E-state index is 12.0. The summed E-state index contributed by atoms with van der Waals surface area (Å²) in [6.07, 6.45) is 3.74. The third-order valence-corrected chi connectivity index (χ3v) is 3.72. The first kappa shape index (κ1) is 16.2. The lowest BCUT2D eigenvalue weighted by Crippen LogP contribution is -2.44. The van der Waals surface area contributed by atoms with Crippen LogP contribution < -0.4 is 11.1 Å². The summed E-state index contributed by atoms with van der Waals surface area (Å²) in [5.74, 6) is -0.00804. The normalized spacial score (nSPS) is 13.9. The van der Waals surface area contributed by atoms with Gasteiger partial charge in [-0.15, -0.1) is 0 Å². The van der Waals surface area contributed by atoms with Crippen molar-refractivity contribution >= 4 is 5.91 Å². The molecule has 2 rings (SSSR count). The minimum atomic E-state index is -0.484. The number of nitrogens with zero attached hydrogens (tertiary/aromatic N) is 2. The Bertz CT molecular complexity index is 606. The van der Waals surface area contributed by atoms with E-state index in [0.717, 1.165) is 5.56 Å². The number of nitrogens with one attached hydrogen (secondary N) is 1. The summed E-state index contributed by atoms with van der Waals surface area (Å²) in [7, 11) is 0. The van der Waals surface area contributed by atoms with Crippen LogP contribution in [0.1, 0.15) is 37.9 Å². The second kappa shape index (κ2) is 7.22. The fourth-order valence-corrected chi connectivity index (χ4v) is 2.16. The Morgan fingerprint density at radius 3 is 2.59 bits per heavy atom. The van der Waals surface area contributed by atoms with E-state index >= 15 is 0 Å². The zero-order valence-electron chi connectivity index (χ0n) is 13.4. The monoisotopic (exact) mass is 300 g/mol. The highest BCUT2D eigenvalue weighted by Gasteiger charge is 2.20. The minimum absolute atomic E-state index is 0.109. The highest BCUT2D eigenvalue weighted by Crippen LogP contribution is 2.13. The summed E-state index contributed by atoms with van der Waals surface area (Å²) in [6.45, 7) is 6.53. The molecule has 1 aromatic carbocycles. The molecule has 0 radical (unpaired) electrons. The quantitative estimate of drug-likeness (QED) is 0.858. The number of carbonyl (C=O) groups is 1. The molecule has 22 heavy (non-hydrogen) atoms. The van der Waals surface area contributed by atoms with Crippen molar-refractivity contribution < 1.29 is 4.79 Å². The molecule has 0 bridgehead atoms. The summed E-state index contributed by atoms with van der Waals surface area (Å²) >= 11 is 0. The molecule has 0 saturated heterocycles. The third-order valence-electron chi connectivity index (χ3n) is 3.72. The van der Waals surface area contributed by atoms with Gasteiger partial charge in [0, 0.05) is 11.8 Å². The Balaban J connectivity index is 1.97. The van der Waals surface area contributed by atoms with E-state index in [2.05, 4.69) is 22.5 Å². The van der Waals surface area contributed by atoms with Gasteiger partial charge >= 0.3 is 0 Å². The topological polar surface area (TPSA) is 72.9 Å². The van der Waals surface area contributed by atoms with Crippen LogP contribution in [0.4, 0.5) is 0 Å². The molecule has 2 aromatic rings. The average molecular weight is 300 g/mol. The molecular formula is C17H24N4O. The van der Waals surface area contributed by atoms with E-state index in [1.165, 1.54) is 5.56 Å². The van der Waals surface area contributed by atoms with Crippen molar-refractivity contribution in [3.05, 3.63) is 53.9 Å². The Morgan fingerprint density at radius 2 is 1.95 bits per heavy atom. The Morgan fingerprint density at radius 1 is 1.27 bits per heavy atom. The molecule has 0 aliphatic heterocycles. The third kappa shape index (κ3) is 4.18. The molecule has 5 nitrogen and oxygen atoms in total. The van der Waals surface area contributed by atoms with E-state index in [4.69, 9.17) is 5.73 Å². The minimum Gasteiger partial charge on any atom is -0.348 e. The number of rotatable bonds is 6. The first-order valence-electron chi connectivity index (χ1n) is 7.59. The van der Waals surface area contributed by atoms with Crippen LogP contribution in [-0.2, 0) is 11.3 Å².